The highest BCUT2D eigenvalue weighted by atomic mass is 35.5. The fourth-order valence-electron chi connectivity index (χ4n) is 2.12. The summed E-state index contributed by atoms with van der Waals surface area (Å²) in [6.45, 7) is 1.58. The van der Waals surface area contributed by atoms with Crippen molar-refractivity contribution in [2.75, 3.05) is 10.6 Å². The molecule has 0 fully saturated rings. The quantitative estimate of drug-likeness (QED) is 0.648. The van der Waals surface area contributed by atoms with Crippen molar-refractivity contribution >= 4 is 45.6 Å². The summed E-state index contributed by atoms with van der Waals surface area (Å²) in [6, 6.07) is 16.2. The Kier molecular flexibility index (Phi) is 5.60. The third-order valence-corrected chi connectivity index (χ3v) is 4.51. The second-order valence-electron chi connectivity index (χ2n) is 5.42. The number of aromatic nitrogens is 2. The van der Waals surface area contributed by atoms with Crippen LogP contribution in [-0.2, 0) is 4.79 Å². The van der Waals surface area contributed by atoms with Gasteiger partial charge >= 0.3 is 0 Å². The van der Waals surface area contributed by atoms with Gasteiger partial charge in [0.15, 0.2) is 0 Å². The van der Waals surface area contributed by atoms with Gasteiger partial charge in [-0.05, 0) is 25.1 Å². The zero-order chi connectivity index (χ0) is 18.5. The van der Waals surface area contributed by atoms with E-state index in [9.17, 15) is 9.59 Å². The van der Waals surface area contributed by atoms with Crippen molar-refractivity contribution in [2.45, 2.75) is 12.3 Å². The maximum atomic E-state index is 12.4. The highest BCUT2D eigenvalue weighted by Gasteiger charge is 2.13. The van der Waals surface area contributed by atoms with Gasteiger partial charge in [0.05, 0.1) is 0 Å². The first-order valence-corrected chi connectivity index (χ1v) is 9.03. The lowest BCUT2D eigenvalue weighted by Gasteiger charge is -2.08. The lowest BCUT2D eigenvalue weighted by Crippen LogP contribution is -2.20. The Morgan fingerprint density at radius 2 is 1.81 bits per heavy atom. The zero-order valence-corrected chi connectivity index (χ0v) is 15.3. The number of carbonyl (C=O) groups excluding carboxylic acids is 2. The number of nitrogens with one attached hydrogen (secondary N) is 2. The molecule has 8 heteroatoms. The Morgan fingerprint density at radius 3 is 2.54 bits per heavy atom. The number of halogens is 1. The molecule has 3 aromatic rings. The number of hydrogen-bond donors (Lipinski definition) is 2. The molecule has 132 valence electrons. The van der Waals surface area contributed by atoms with Gasteiger partial charge in [-0.15, -0.1) is 21.8 Å². The Labute approximate surface area is 159 Å². The molecule has 1 atom stereocenters. The average Bonchev–Trinajstić information content (AvgIpc) is 3.11. The van der Waals surface area contributed by atoms with E-state index < -0.39 is 5.38 Å². The molecule has 1 aromatic heterocycles. The van der Waals surface area contributed by atoms with Crippen LogP contribution in [0.2, 0.25) is 0 Å². The number of amides is 2. The molecular weight excluding hydrogens is 372 g/mol. The van der Waals surface area contributed by atoms with E-state index in [1.165, 1.54) is 11.3 Å². The van der Waals surface area contributed by atoms with Crippen LogP contribution in [0.5, 0.6) is 0 Å². The van der Waals surface area contributed by atoms with Crippen LogP contribution in [0.4, 0.5) is 10.8 Å². The van der Waals surface area contributed by atoms with Crippen LogP contribution in [0.3, 0.4) is 0 Å². The molecule has 0 radical (unpaired) electrons. The highest BCUT2D eigenvalue weighted by Crippen LogP contribution is 2.26. The van der Waals surface area contributed by atoms with Crippen LogP contribution < -0.4 is 10.6 Å². The van der Waals surface area contributed by atoms with Crippen LogP contribution in [0.15, 0.2) is 54.6 Å². The topological polar surface area (TPSA) is 84.0 Å². The first-order chi connectivity index (χ1) is 12.5. The van der Waals surface area contributed by atoms with Crippen molar-refractivity contribution in [3.8, 4) is 10.6 Å². The monoisotopic (exact) mass is 386 g/mol. The Balaban J connectivity index is 1.71. The fourth-order valence-corrected chi connectivity index (χ4v) is 2.92. The van der Waals surface area contributed by atoms with Crippen molar-refractivity contribution in [1.29, 1.82) is 0 Å². The number of hydrogen-bond acceptors (Lipinski definition) is 5. The molecule has 2 N–H and O–H groups in total. The maximum Gasteiger partial charge on any atom is 0.257 e. The van der Waals surface area contributed by atoms with E-state index in [0.29, 0.717) is 16.4 Å². The number of carbonyl (C=O) groups is 2. The Hall–Kier alpha value is -2.77. The molecule has 0 spiro atoms. The predicted octanol–water partition coefficient (Wildman–Crippen LogP) is 4.02. The third-order valence-electron chi connectivity index (χ3n) is 3.42. The summed E-state index contributed by atoms with van der Waals surface area (Å²) in [5.74, 6) is -0.670. The molecule has 0 aliphatic carbocycles. The minimum atomic E-state index is -0.662. The molecule has 2 amide bonds. The van der Waals surface area contributed by atoms with E-state index in [1.807, 2.05) is 30.3 Å². The van der Waals surface area contributed by atoms with Crippen LogP contribution >= 0.6 is 22.9 Å². The smallest absolute Gasteiger partial charge is 0.257 e. The molecule has 0 unspecified atom stereocenters. The Bertz CT molecular complexity index is 928. The first-order valence-electron chi connectivity index (χ1n) is 7.78. The summed E-state index contributed by atoms with van der Waals surface area (Å²) >= 11 is 7.02. The second kappa shape index (κ2) is 8.07. The van der Waals surface area contributed by atoms with Gasteiger partial charge in [-0.25, -0.2) is 0 Å². The second-order valence-corrected chi connectivity index (χ2v) is 7.05. The van der Waals surface area contributed by atoms with Crippen LogP contribution in [0.1, 0.15) is 17.3 Å². The summed E-state index contributed by atoms with van der Waals surface area (Å²) < 4.78 is 0. The van der Waals surface area contributed by atoms with Crippen molar-refractivity contribution in [2.24, 2.45) is 0 Å². The average molecular weight is 387 g/mol. The molecule has 26 heavy (non-hydrogen) atoms. The van der Waals surface area contributed by atoms with Crippen LogP contribution in [0.25, 0.3) is 10.6 Å². The number of benzene rings is 2. The number of anilines is 2. The molecule has 0 saturated heterocycles. The van der Waals surface area contributed by atoms with Gasteiger partial charge in [0, 0.05) is 16.8 Å². The molecule has 0 aliphatic heterocycles. The summed E-state index contributed by atoms with van der Waals surface area (Å²) in [5, 5.41) is 13.9. The number of alkyl halides is 1. The standard InChI is InChI=1S/C18H15ClN4O2S/c1-11(19)15(24)20-14-9-5-8-13(10-14)16(25)21-18-23-22-17(26-18)12-6-3-2-4-7-12/h2-11H,1H3,(H,20,24)(H,21,23,25)/t11-/m1/s1. The fraction of sp³-hybridized carbons (Fsp3) is 0.111. The lowest BCUT2D eigenvalue weighted by atomic mass is 10.2. The maximum absolute atomic E-state index is 12.4. The van der Waals surface area contributed by atoms with Gasteiger partial charge in [0.2, 0.25) is 11.0 Å². The van der Waals surface area contributed by atoms with E-state index >= 15 is 0 Å². The van der Waals surface area contributed by atoms with E-state index in [-0.39, 0.29) is 11.8 Å². The van der Waals surface area contributed by atoms with Gasteiger partial charge in [-0.3, -0.25) is 14.9 Å². The van der Waals surface area contributed by atoms with E-state index in [4.69, 9.17) is 11.6 Å². The molecule has 0 bridgehead atoms. The minimum Gasteiger partial charge on any atom is -0.325 e. The molecule has 1 heterocycles. The third kappa shape index (κ3) is 4.44. The van der Waals surface area contributed by atoms with Gasteiger partial charge in [-0.2, -0.15) is 0 Å². The molecule has 0 aliphatic rings. The van der Waals surface area contributed by atoms with E-state index in [0.717, 1.165) is 10.6 Å². The lowest BCUT2D eigenvalue weighted by molar-refractivity contribution is -0.115. The molecule has 3 rings (SSSR count). The zero-order valence-electron chi connectivity index (χ0n) is 13.8. The van der Waals surface area contributed by atoms with Crippen molar-refractivity contribution in [3.63, 3.8) is 0 Å². The Morgan fingerprint density at radius 1 is 1.04 bits per heavy atom. The van der Waals surface area contributed by atoms with Crippen LogP contribution in [0, 0.1) is 0 Å². The van der Waals surface area contributed by atoms with E-state index in [2.05, 4.69) is 20.8 Å². The van der Waals surface area contributed by atoms with Gasteiger partial charge in [0.25, 0.3) is 5.91 Å². The van der Waals surface area contributed by atoms with Crippen molar-refractivity contribution in [3.05, 3.63) is 60.2 Å². The summed E-state index contributed by atoms with van der Waals surface area (Å²) in [6.07, 6.45) is 0. The van der Waals surface area contributed by atoms with Gasteiger partial charge < -0.3 is 5.32 Å². The predicted molar refractivity (Wildman–Crippen MR) is 104 cm³/mol. The number of rotatable bonds is 5. The minimum absolute atomic E-state index is 0.333. The largest absolute Gasteiger partial charge is 0.325 e. The van der Waals surface area contributed by atoms with Crippen LogP contribution in [-0.4, -0.2) is 27.4 Å². The molecule has 6 nitrogen and oxygen atoms in total. The normalized spacial score (nSPS) is 11.6. The summed E-state index contributed by atoms with van der Waals surface area (Å²) in [5.41, 5.74) is 1.82. The SMILES string of the molecule is C[C@@H](Cl)C(=O)Nc1cccc(C(=O)Nc2nnc(-c3ccccc3)s2)c1. The van der Waals surface area contributed by atoms with Gasteiger partial charge in [-0.1, -0.05) is 47.7 Å². The van der Waals surface area contributed by atoms with Gasteiger partial charge in [0.1, 0.15) is 10.4 Å². The first kappa shape index (κ1) is 18.0. The number of nitrogens with zero attached hydrogens (tertiary/aromatic N) is 2. The van der Waals surface area contributed by atoms with Crippen molar-refractivity contribution < 1.29 is 9.59 Å². The van der Waals surface area contributed by atoms with Crippen molar-refractivity contribution in [1.82, 2.24) is 10.2 Å². The molecular formula is C18H15ClN4O2S. The highest BCUT2D eigenvalue weighted by molar-refractivity contribution is 7.18. The molecule has 0 saturated carbocycles. The molecule has 2 aromatic carbocycles. The summed E-state index contributed by atoms with van der Waals surface area (Å²) in [4.78, 5) is 24.1. The summed E-state index contributed by atoms with van der Waals surface area (Å²) in [7, 11) is 0. The van der Waals surface area contributed by atoms with E-state index in [1.54, 1.807) is 31.2 Å².